The van der Waals surface area contributed by atoms with Crippen LogP contribution in [0, 0.1) is 0 Å². The Kier molecular flexibility index (Phi) is 4.70. The highest BCUT2D eigenvalue weighted by Crippen LogP contribution is 2.18. The van der Waals surface area contributed by atoms with Crippen LogP contribution in [0.25, 0.3) is 0 Å². The number of anilines is 1. The summed E-state index contributed by atoms with van der Waals surface area (Å²) in [5, 5.41) is 9.19. The van der Waals surface area contributed by atoms with Crippen LogP contribution in [-0.2, 0) is 6.54 Å². The molecule has 98 valence electrons. The summed E-state index contributed by atoms with van der Waals surface area (Å²) < 4.78 is 0. The normalized spacial score (nSPS) is 10.2. The Hall–Kier alpha value is -2.13. The summed E-state index contributed by atoms with van der Waals surface area (Å²) in [5.41, 5.74) is 2.77. The molecule has 0 aliphatic rings. The molecule has 19 heavy (non-hydrogen) atoms. The van der Waals surface area contributed by atoms with E-state index in [2.05, 4.69) is 4.90 Å². The maximum absolute atomic E-state index is 10.8. The van der Waals surface area contributed by atoms with E-state index in [1.807, 2.05) is 48.5 Å². The summed E-state index contributed by atoms with van der Waals surface area (Å²) >= 11 is 0. The molecular weight excluding hydrogens is 238 g/mol. The van der Waals surface area contributed by atoms with E-state index in [0.29, 0.717) is 18.7 Å². The molecule has 0 aliphatic carbocycles. The fourth-order valence-corrected chi connectivity index (χ4v) is 2.02. The summed E-state index contributed by atoms with van der Waals surface area (Å²) in [4.78, 5) is 12.9. The van der Waals surface area contributed by atoms with Crippen molar-refractivity contribution in [2.75, 3.05) is 18.1 Å². The summed E-state index contributed by atoms with van der Waals surface area (Å²) in [7, 11) is 0. The van der Waals surface area contributed by atoms with Gasteiger partial charge < -0.3 is 10.0 Å². The zero-order valence-electron chi connectivity index (χ0n) is 10.7. The average Bonchev–Trinajstić information content (AvgIpc) is 2.48. The lowest BCUT2D eigenvalue weighted by Crippen LogP contribution is -2.26. The van der Waals surface area contributed by atoms with Crippen LogP contribution in [0.5, 0.6) is 0 Å². The smallest absolute Gasteiger partial charge is 0.150 e. The second-order valence-corrected chi connectivity index (χ2v) is 4.34. The number of aliphatic hydroxyl groups excluding tert-OH is 1. The van der Waals surface area contributed by atoms with Crippen molar-refractivity contribution in [3.63, 3.8) is 0 Å². The quantitative estimate of drug-likeness (QED) is 0.806. The Morgan fingerprint density at radius 1 is 1.05 bits per heavy atom. The van der Waals surface area contributed by atoms with Gasteiger partial charge in [-0.3, -0.25) is 4.79 Å². The number of carbonyl (C=O) groups is 1. The molecule has 2 rings (SSSR count). The number of hydrogen-bond acceptors (Lipinski definition) is 3. The maximum atomic E-state index is 10.8. The van der Waals surface area contributed by atoms with Gasteiger partial charge in [-0.1, -0.05) is 42.5 Å². The number of rotatable bonds is 6. The highest BCUT2D eigenvalue weighted by Gasteiger charge is 2.07. The van der Waals surface area contributed by atoms with Crippen LogP contribution in [0.2, 0.25) is 0 Å². The molecule has 0 unspecified atom stereocenters. The van der Waals surface area contributed by atoms with Crippen LogP contribution in [0.4, 0.5) is 5.69 Å². The summed E-state index contributed by atoms with van der Waals surface area (Å²) in [6.07, 6.45) is 0.836. The van der Waals surface area contributed by atoms with E-state index in [9.17, 15) is 9.90 Å². The number of hydrogen-bond donors (Lipinski definition) is 1. The number of carbonyl (C=O) groups excluding carboxylic acids is 1. The molecule has 0 amide bonds. The Bertz CT molecular complexity index is 525. The third-order valence-corrected chi connectivity index (χ3v) is 2.96. The molecule has 0 saturated heterocycles. The third-order valence-electron chi connectivity index (χ3n) is 2.96. The third kappa shape index (κ3) is 3.66. The minimum Gasteiger partial charge on any atom is -0.395 e. The molecule has 0 radical (unpaired) electrons. The zero-order valence-corrected chi connectivity index (χ0v) is 10.7. The van der Waals surface area contributed by atoms with E-state index in [1.54, 1.807) is 6.07 Å². The van der Waals surface area contributed by atoms with Crippen molar-refractivity contribution >= 4 is 12.0 Å². The van der Waals surface area contributed by atoms with Gasteiger partial charge in [-0.05, 0) is 17.7 Å². The molecule has 0 spiro atoms. The molecule has 0 heterocycles. The van der Waals surface area contributed by atoms with Crippen molar-refractivity contribution < 1.29 is 9.90 Å². The second-order valence-electron chi connectivity index (χ2n) is 4.34. The first-order chi connectivity index (χ1) is 9.33. The van der Waals surface area contributed by atoms with Gasteiger partial charge in [0.15, 0.2) is 0 Å². The van der Waals surface area contributed by atoms with E-state index in [1.165, 1.54) is 5.56 Å². The van der Waals surface area contributed by atoms with Gasteiger partial charge in [-0.15, -0.1) is 0 Å². The van der Waals surface area contributed by atoms with Gasteiger partial charge in [0, 0.05) is 24.3 Å². The van der Waals surface area contributed by atoms with Gasteiger partial charge >= 0.3 is 0 Å². The molecule has 2 aromatic carbocycles. The number of benzene rings is 2. The van der Waals surface area contributed by atoms with Crippen LogP contribution in [0.1, 0.15) is 15.9 Å². The summed E-state index contributed by atoms with van der Waals surface area (Å²) in [6.45, 7) is 1.33. The van der Waals surface area contributed by atoms with Gasteiger partial charge in [0.25, 0.3) is 0 Å². The van der Waals surface area contributed by atoms with E-state index >= 15 is 0 Å². The first kappa shape index (κ1) is 13.3. The van der Waals surface area contributed by atoms with Crippen molar-refractivity contribution in [2.45, 2.75) is 6.54 Å². The van der Waals surface area contributed by atoms with Crippen molar-refractivity contribution in [1.29, 1.82) is 0 Å². The SMILES string of the molecule is O=Cc1cccc(N(CCO)Cc2ccccc2)c1. The molecule has 1 N–H and O–H groups in total. The van der Waals surface area contributed by atoms with Crippen LogP contribution in [0.15, 0.2) is 54.6 Å². The first-order valence-electron chi connectivity index (χ1n) is 6.28. The molecule has 0 fully saturated rings. The fraction of sp³-hybridized carbons (Fsp3) is 0.188. The average molecular weight is 255 g/mol. The van der Waals surface area contributed by atoms with Crippen molar-refractivity contribution in [3.05, 3.63) is 65.7 Å². The minimum atomic E-state index is 0.0815. The molecule has 2 aromatic rings. The Balaban J connectivity index is 2.21. The van der Waals surface area contributed by atoms with Crippen LogP contribution in [0.3, 0.4) is 0 Å². The Morgan fingerprint density at radius 2 is 1.84 bits per heavy atom. The number of aliphatic hydroxyl groups is 1. The minimum absolute atomic E-state index is 0.0815. The van der Waals surface area contributed by atoms with Crippen LogP contribution >= 0.6 is 0 Å². The molecule has 0 aromatic heterocycles. The van der Waals surface area contributed by atoms with E-state index in [0.717, 1.165) is 12.0 Å². The molecule has 0 atom stereocenters. The van der Waals surface area contributed by atoms with Gasteiger partial charge in [0.05, 0.1) is 6.61 Å². The highest BCUT2D eigenvalue weighted by atomic mass is 16.3. The maximum Gasteiger partial charge on any atom is 0.150 e. The van der Waals surface area contributed by atoms with Gasteiger partial charge in [-0.2, -0.15) is 0 Å². The second kappa shape index (κ2) is 6.71. The van der Waals surface area contributed by atoms with Crippen molar-refractivity contribution in [3.8, 4) is 0 Å². The lowest BCUT2D eigenvalue weighted by atomic mass is 10.1. The first-order valence-corrected chi connectivity index (χ1v) is 6.28. The standard InChI is InChI=1S/C16H17NO2/c18-10-9-17(12-14-5-2-1-3-6-14)16-8-4-7-15(11-16)13-19/h1-8,11,13,18H,9-10,12H2. The Morgan fingerprint density at radius 3 is 2.53 bits per heavy atom. The zero-order chi connectivity index (χ0) is 13.5. The molecule has 3 nitrogen and oxygen atoms in total. The lowest BCUT2D eigenvalue weighted by molar-refractivity contribution is 0.112. The molecule has 3 heteroatoms. The number of aldehydes is 1. The lowest BCUT2D eigenvalue weighted by Gasteiger charge is -2.24. The fourth-order valence-electron chi connectivity index (χ4n) is 2.02. The molecule has 0 aliphatic heterocycles. The van der Waals surface area contributed by atoms with Crippen molar-refractivity contribution in [1.82, 2.24) is 0 Å². The largest absolute Gasteiger partial charge is 0.395 e. The Labute approximate surface area is 113 Å². The van der Waals surface area contributed by atoms with Gasteiger partial charge in [-0.25, -0.2) is 0 Å². The van der Waals surface area contributed by atoms with E-state index in [-0.39, 0.29) is 6.61 Å². The van der Waals surface area contributed by atoms with Gasteiger partial charge in [0.1, 0.15) is 6.29 Å². The summed E-state index contributed by atoms with van der Waals surface area (Å²) in [5.74, 6) is 0. The van der Waals surface area contributed by atoms with Crippen LogP contribution < -0.4 is 4.90 Å². The predicted octanol–water partition coefficient (Wildman–Crippen LogP) is 2.50. The number of nitrogens with zero attached hydrogens (tertiary/aromatic N) is 1. The van der Waals surface area contributed by atoms with E-state index < -0.39 is 0 Å². The van der Waals surface area contributed by atoms with Crippen molar-refractivity contribution in [2.24, 2.45) is 0 Å². The van der Waals surface area contributed by atoms with E-state index in [4.69, 9.17) is 0 Å². The molecule has 0 bridgehead atoms. The predicted molar refractivity (Wildman–Crippen MR) is 76.4 cm³/mol. The highest BCUT2D eigenvalue weighted by molar-refractivity contribution is 5.77. The van der Waals surface area contributed by atoms with Gasteiger partial charge in [0.2, 0.25) is 0 Å². The van der Waals surface area contributed by atoms with Crippen LogP contribution in [-0.4, -0.2) is 24.5 Å². The molecular formula is C16H17NO2. The monoisotopic (exact) mass is 255 g/mol. The molecule has 0 saturated carbocycles. The topological polar surface area (TPSA) is 40.5 Å². The summed E-state index contributed by atoms with van der Waals surface area (Å²) in [6, 6.07) is 17.5.